The van der Waals surface area contributed by atoms with E-state index in [9.17, 15) is 14.4 Å². The number of carbonyl (C=O) groups is 3. The van der Waals surface area contributed by atoms with E-state index in [1.165, 1.54) is 14.2 Å². The van der Waals surface area contributed by atoms with E-state index >= 15 is 0 Å². The van der Waals surface area contributed by atoms with Gasteiger partial charge in [-0.25, -0.2) is 4.79 Å². The Morgan fingerprint density at radius 3 is 1.86 bits per heavy atom. The number of rotatable bonds is 7. The summed E-state index contributed by atoms with van der Waals surface area (Å²) in [4.78, 5) is 36.5. The second-order valence-electron chi connectivity index (χ2n) is 8.07. The molecule has 0 spiro atoms. The first-order valence-electron chi connectivity index (χ1n) is 9.54. The van der Waals surface area contributed by atoms with Crippen LogP contribution in [-0.2, 0) is 26.1 Å². The molecule has 5 heteroatoms. The molecule has 154 valence electrons. The maximum Gasteiger partial charge on any atom is 0.337 e. The summed E-state index contributed by atoms with van der Waals surface area (Å²) in [6.07, 6.45) is 0.403. The van der Waals surface area contributed by atoms with Crippen molar-refractivity contribution in [3.8, 4) is 0 Å². The van der Waals surface area contributed by atoms with Gasteiger partial charge in [0.05, 0.1) is 25.7 Å². The van der Waals surface area contributed by atoms with Crippen LogP contribution < -0.4 is 0 Å². The van der Waals surface area contributed by atoms with Gasteiger partial charge in [0.25, 0.3) is 0 Å². The largest absolute Gasteiger partial charge is 0.469 e. The van der Waals surface area contributed by atoms with Gasteiger partial charge in [-0.3, -0.25) is 9.59 Å². The number of benzene rings is 2. The predicted molar refractivity (Wildman–Crippen MR) is 111 cm³/mol. The molecule has 0 saturated heterocycles. The van der Waals surface area contributed by atoms with E-state index in [2.05, 4.69) is 25.5 Å². The van der Waals surface area contributed by atoms with Crippen LogP contribution in [0, 0.1) is 5.92 Å². The zero-order valence-corrected chi connectivity index (χ0v) is 17.7. The van der Waals surface area contributed by atoms with Gasteiger partial charge >= 0.3 is 11.9 Å². The van der Waals surface area contributed by atoms with Gasteiger partial charge in [-0.2, -0.15) is 0 Å². The minimum atomic E-state index is -0.598. The molecule has 0 heterocycles. The van der Waals surface area contributed by atoms with Crippen LogP contribution in [0.2, 0.25) is 0 Å². The first kappa shape index (κ1) is 22.3. The second kappa shape index (κ2) is 9.50. The van der Waals surface area contributed by atoms with Gasteiger partial charge in [0.1, 0.15) is 0 Å². The highest BCUT2D eigenvalue weighted by Crippen LogP contribution is 2.24. The molecule has 0 aliphatic rings. The Bertz CT molecular complexity index is 858. The molecule has 2 aromatic rings. The van der Waals surface area contributed by atoms with Crippen molar-refractivity contribution in [2.75, 3.05) is 14.2 Å². The lowest BCUT2D eigenvalue weighted by molar-refractivity contribution is -0.145. The summed E-state index contributed by atoms with van der Waals surface area (Å²) >= 11 is 0. The smallest absolute Gasteiger partial charge is 0.337 e. The van der Waals surface area contributed by atoms with Gasteiger partial charge in [0.2, 0.25) is 0 Å². The van der Waals surface area contributed by atoms with Crippen molar-refractivity contribution < 1.29 is 23.9 Å². The molecule has 0 aliphatic heterocycles. The standard InChI is InChI=1S/C24H28O5/c1-24(2,3)20-12-10-17(11-13-20)21(25)15-19(23(27)29-5)14-16-6-8-18(9-7-16)22(26)28-4/h6-13,19H,14-15H2,1-5H3/t19-/m1/s1. The summed E-state index contributed by atoms with van der Waals surface area (Å²) in [5.74, 6) is -1.55. The van der Waals surface area contributed by atoms with Crippen molar-refractivity contribution in [1.29, 1.82) is 0 Å². The quantitative estimate of drug-likeness (QED) is 0.513. The van der Waals surface area contributed by atoms with Crippen molar-refractivity contribution in [2.24, 2.45) is 5.92 Å². The van der Waals surface area contributed by atoms with Gasteiger partial charge in [0.15, 0.2) is 5.78 Å². The lowest BCUT2D eigenvalue weighted by Gasteiger charge is -2.19. The van der Waals surface area contributed by atoms with Crippen LogP contribution in [0.1, 0.15) is 59.0 Å². The number of carbonyl (C=O) groups excluding carboxylic acids is 3. The maximum atomic E-state index is 12.7. The van der Waals surface area contributed by atoms with Gasteiger partial charge in [-0.15, -0.1) is 0 Å². The zero-order chi connectivity index (χ0) is 21.6. The predicted octanol–water partition coefficient (Wildman–Crippen LogP) is 4.38. The molecule has 0 fully saturated rings. The van der Waals surface area contributed by atoms with E-state index in [4.69, 9.17) is 4.74 Å². The SMILES string of the molecule is COC(=O)c1ccc(C[C@H](CC(=O)c2ccc(C(C)(C)C)cc2)C(=O)OC)cc1. The van der Waals surface area contributed by atoms with Crippen LogP contribution in [0.4, 0.5) is 0 Å². The van der Waals surface area contributed by atoms with Crippen LogP contribution in [0.5, 0.6) is 0 Å². The van der Waals surface area contributed by atoms with Crippen LogP contribution in [0.3, 0.4) is 0 Å². The Labute approximate surface area is 172 Å². The van der Waals surface area contributed by atoms with Crippen molar-refractivity contribution in [2.45, 2.75) is 39.0 Å². The highest BCUT2D eigenvalue weighted by molar-refractivity contribution is 5.98. The molecule has 0 radical (unpaired) electrons. The molecule has 29 heavy (non-hydrogen) atoms. The molecule has 2 aromatic carbocycles. The number of hydrogen-bond donors (Lipinski definition) is 0. The molecule has 5 nitrogen and oxygen atoms in total. The van der Waals surface area contributed by atoms with Gasteiger partial charge in [0, 0.05) is 12.0 Å². The zero-order valence-electron chi connectivity index (χ0n) is 17.7. The summed E-state index contributed by atoms with van der Waals surface area (Å²) in [6, 6.07) is 14.3. The summed E-state index contributed by atoms with van der Waals surface area (Å²) in [6.45, 7) is 6.34. The summed E-state index contributed by atoms with van der Waals surface area (Å²) in [7, 11) is 2.64. The van der Waals surface area contributed by atoms with Crippen LogP contribution in [0.15, 0.2) is 48.5 Å². The first-order chi connectivity index (χ1) is 13.7. The number of hydrogen-bond acceptors (Lipinski definition) is 5. The van der Waals surface area contributed by atoms with E-state index in [0.29, 0.717) is 17.5 Å². The Hall–Kier alpha value is -2.95. The molecule has 0 saturated carbocycles. The van der Waals surface area contributed by atoms with Gasteiger partial charge < -0.3 is 9.47 Å². The third-order valence-electron chi connectivity index (χ3n) is 4.90. The van der Waals surface area contributed by atoms with Gasteiger partial charge in [-0.05, 0) is 35.1 Å². The lowest BCUT2D eigenvalue weighted by Crippen LogP contribution is -2.22. The molecule has 0 aromatic heterocycles. The number of ketones is 1. The molecule has 0 bridgehead atoms. The number of methoxy groups -OCH3 is 2. The van der Waals surface area contributed by atoms with Crippen LogP contribution in [-0.4, -0.2) is 31.9 Å². The monoisotopic (exact) mass is 396 g/mol. The van der Waals surface area contributed by atoms with E-state index in [1.807, 2.05) is 24.3 Å². The molecule has 0 unspecified atom stereocenters. The molecule has 0 amide bonds. The fourth-order valence-corrected chi connectivity index (χ4v) is 3.08. The minimum Gasteiger partial charge on any atom is -0.469 e. The average Bonchev–Trinajstić information content (AvgIpc) is 2.72. The average molecular weight is 396 g/mol. The molecule has 1 atom stereocenters. The number of Topliss-reactive ketones (excluding diaryl/α,β-unsaturated/α-hetero) is 1. The third-order valence-corrected chi connectivity index (χ3v) is 4.90. The maximum absolute atomic E-state index is 12.7. The van der Waals surface area contributed by atoms with Crippen molar-refractivity contribution in [1.82, 2.24) is 0 Å². The Balaban J connectivity index is 2.13. The minimum absolute atomic E-state index is 0.00644. The normalized spacial score (nSPS) is 12.2. The Kier molecular flexibility index (Phi) is 7.32. The van der Waals surface area contributed by atoms with E-state index < -0.39 is 17.9 Å². The molecule has 2 rings (SSSR count). The van der Waals surface area contributed by atoms with E-state index in [-0.39, 0.29) is 17.6 Å². The number of ether oxygens (including phenoxy) is 2. The van der Waals surface area contributed by atoms with Crippen molar-refractivity contribution in [3.63, 3.8) is 0 Å². The Morgan fingerprint density at radius 1 is 0.828 bits per heavy atom. The van der Waals surface area contributed by atoms with Gasteiger partial charge in [-0.1, -0.05) is 57.2 Å². The molecule has 0 N–H and O–H groups in total. The van der Waals surface area contributed by atoms with Crippen molar-refractivity contribution >= 4 is 17.7 Å². The topological polar surface area (TPSA) is 69.7 Å². The highest BCUT2D eigenvalue weighted by atomic mass is 16.5. The third kappa shape index (κ3) is 6.01. The molecule has 0 aliphatic carbocycles. The summed E-state index contributed by atoms with van der Waals surface area (Å²) < 4.78 is 9.59. The summed E-state index contributed by atoms with van der Waals surface area (Å²) in [5, 5.41) is 0. The highest BCUT2D eigenvalue weighted by Gasteiger charge is 2.24. The number of esters is 2. The van der Waals surface area contributed by atoms with Crippen LogP contribution >= 0.6 is 0 Å². The Morgan fingerprint density at radius 2 is 1.38 bits per heavy atom. The van der Waals surface area contributed by atoms with E-state index in [0.717, 1.165) is 11.1 Å². The second-order valence-corrected chi connectivity index (χ2v) is 8.07. The molecular formula is C24H28O5. The fourth-order valence-electron chi connectivity index (χ4n) is 3.08. The van der Waals surface area contributed by atoms with Crippen molar-refractivity contribution in [3.05, 3.63) is 70.8 Å². The fraction of sp³-hybridized carbons (Fsp3) is 0.375. The summed E-state index contributed by atoms with van der Waals surface area (Å²) in [5.41, 5.74) is 2.99. The lowest BCUT2D eigenvalue weighted by atomic mass is 9.86. The molecular weight excluding hydrogens is 368 g/mol. The van der Waals surface area contributed by atoms with Crippen LogP contribution in [0.25, 0.3) is 0 Å². The van der Waals surface area contributed by atoms with E-state index in [1.54, 1.807) is 24.3 Å². The first-order valence-corrected chi connectivity index (χ1v) is 9.54.